The summed E-state index contributed by atoms with van der Waals surface area (Å²) >= 11 is 1.84. The largest absolute Gasteiger partial charge is 0.346 e. The van der Waals surface area contributed by atoms with E-state index in [4.69, 9.17) is 0 Å². The number of fused-ring (bicyclic) bond motifs is 1. The minimum atomic E-state index is -0.961. The molecule has 5 amide bonds. The number of carbonyl (C=O) groups excluding carboxylic acids is 5. The third-order valence-corrected chi connectivity index (χ3v) is 12.2. The quantitative estimate of drug-likeness (QED) is 0.167. The fourth-order valence-electron chi connectivity index (χ4n) is 7.51. The number of piperidine rings is 1. The Kier molecular flexibility index (Phi) is 11.2. The summed E-state index contributed by atoms with van der Waals surface area (Å²) in [5, 5.41) is 11.8. The fraction of sp³-hybridized carbons (Fsp3) is 0.806. The van der Waals surface area contributed by atoms with Crippen molar-refractivity contribution in [3.05, 3.63) is 12.7 Å². The summed E-state index contributed by atoms with van der Waals surface area (Å²) < 4.78 is 0.0597. The van der Waals surface area contributed by atoms with E-state index in [2.05, 4.69) is 62.5 Å². The van der Waals surface area contributed by atoms with Crippen LogP contribution < -0.4 is 21.3 Å². The van der Waals surface area contributed by atoms with Crippen LogP contribution in [0.1, 0.15) is 107 Å². The minimum absolute atomic E-state index is 0.0597. The molecule has 0 radical (unpaired) electrons. The van der Waals surface area contributed by atoms with Crippen molar-refractivity contribution in [3.63, 3.8) is 0 Å². The normalized spacial score (nSPS) is 25.9. The van der Waals surface area contributed by atoms with E-state index in [0.717, 1.165) is 50.7 Å². The first-order valence-corrected chi connectivity index (χ1v) is 18.5. The van der Waals surface area contributed by atoms with Gasteiger partial charge < -0.3 is 26.2 Å². The number of rotatable bonds is 13. The number of ketones is 1. The summed E-state index contributed by atoms with van der Waals surface area (Å²) in [6, 6.07) is -2.99. The van der Waals surface area contributed by atoms with E-state index in [0.29, 0.717) is 13.0 Å². The topological polar surface area (TPSA) is 137 Å². The molecule has 4 N–H and O–H groups in total. The standard InChI is InChI=1S/C36H59N5O5S/c1-10-18-37-30(44)27(42)24(19-22-14-15-22)38-29(43)26-25-23(35(25,8)9)20-41(26)31(45)28(33(2,3)4)39-32(46)40-36(16-12-11-13-17-36)21-47-34(5,6)7/h10,22-26,28H,1,11-21H2,2-9H3,(H,37,44)(H,38,43)(H2,39,40,46)/t23-,24?,25-,26-,28+/m0/s1. The molecule has 47 heavy (non-hydrogen) atoms. The van der Waals surface area contributed by atoms with Crippen molar-refractivity contribution in [2.75, 3.05) is 18.8 Å². The highest BCUT2D eigenvalue weighted by atomic mass is 32.2. The average Bonchev–Trinajstić information content (AvgIpc) is 3.83. The summed E-state index contributed by atoms with van der Waals surface area (Å²) in [4.78, 5) is 69.6. The first-order valence-electron chi connectivity index (χ1n) is 17.6. The van der Waals surface area contributed by atoms with Gasteiger partial charge in [0, 0.05) is 23.6 Å². The number of hydrogen-bond donors (Lipinski definition) is 4. The van der Waals surface area contributed by atoms with Crippen molar-refractivity contribution < 1.29 is 24.0 Å². The van der Waals surface area contributed by atoms with Crippen LogP contribution in [0.3, 0.4) is 0 Å². The third-order valence-electron chi connectivity index (χ3n) is 10.6. The van der Waals surface area contributed by atoms with Crippen LogP contribution in [0.2, 0.25) is 0 Å². The predicted molar refractivity (Wildman–Crippen MR) is 187 cm³/mol. The Hall–Kier alpha value is -2.56. The monoisotopic (exact) mass is 673 g/mol. The molecule has 3 aliphatic carbocycles. The smallest absolute Gasteiger partial charge is 0.315 e. The maximum absolute atomic E-state index is 14.4. The number of nitrogens with one attached hydrogen (secondary N) is 4. The molecule has 264 valence electrons. The molecule has 3 saturated carbocycles. The molecule has 1 saturated heterocycles. The van der Waals surface area contributed by atoms with E-state index < -0.39 is 41.1 Å². The third kappa shape index (κ3) is 9.12. The number of nitrogens with zero attached hydrogens (tertiary/aromatic N) is 1. The summed E-state index contributed by atoms with van der Waals surface area (Å²) in [7, 11) is 0. The minimum Gasteiger partial charge on any atom is -0.346 e. The van der Waals surface area contributed by atoms with Gasteiger partial charge in [-0.05, 0) is 47.8 Å². The second kappa shape index (κ2) is 14.1. The molecule has 4 rings (SSSR count). The molecule has 0 aromatic carbocycles. The molecule has 0 aromatic rings. The Morgan fingerprint density at radius 3 is 2.17 bits per heavy atom. The van der Waals surface area contributed by atoms with Crippen molar-refractivity contribution in [1.29, 1.82) is 0 Å². The first-order chi connectivity index (χ1) is 21.8. The SMILES string of the molecule is C=CCNC(=O)C(=O)C(CC1CC1)NC(=O)[C@@H]1[C@@H]2[C@H](CN1C(=O)[C@@H](NC(=O)NC1(CSC(C)(C)C)CCCCC1)C(C)(C)C)C2(C)C. The zero-order chi connectivity index (χ0) is 34.9. The molecule has 1 aliphatic heterocycles. The number of amides is 5. The lowest BCUT2D eigenvalue weighted by Gasteiger charge is -2.41. The predicted octanol–water partition coefficient (Wildman–Crippen LogP) is 4.57. The number of carbonyl (C=O) groups is 5. The zero-order valence-corrected chi connectivity index (χ0v) is 30.7. The van der Waals surface area contributed by atoms with Crippen molar-refractivity contribution in [2.24, 2.45) is 28.6 Å². The van der Waals surface area contributed by atoms with Crippen molar-refractivity contribution in [1.82, 2.24) is 26.2 Å². The number of urea groups is 1. The molecule has 0 bridgehead atoms. The number of hydrogen-bond acceptors (Lipinski definition) is 6. The molecular weight excluding hydrogens is 614 g/mol. The van der Waals surface area contributed by atoms with Crippen LogP contribution in [-0.2, 0) is 19.2 Å². The van der Waals surface area contributed by atoms with Crippen molar-refractivity contribution >= 4 is 41.3 Å². The highest BCUT2D eigenvalue weighted by Crippen LogP contribution is 2.65. The fourth-order valence-corrected chi connectivity index (χ4v) is 8.58. The second-order valence-corrected chi connectivity index (χ2v) is 18.9. The maximum Gasteiger partial charge on any atom is 0.315 e. The number of thioether (sulfide) groups is 1. The molecule has 1 unspecified atom stereocenters. The molecule has 5 atom stereocenters. The lowest BCUT2D eigenvalue weighted by atomic mass is 9.83. The first kappa shape index (κ1) is 37.3. The summed E-state index contributed by atoms with van der Waals surface area (Å²) in [6.07, 6.45) is 8.85. The van der Waals surface area contributed by atoms with Crippen LogP contribution in [0, 0.1) is 28.6 Å². The maximum atomic E-state index is 14.4. The van der Waals surface area contributed by atoms with E-state index in [1.54, 1.807) is 4.90 Å². The van der Waals surface area contributed by atoms with Gasteiger partial charge in [-0.25, -0.2) is 4.79 Å². The zero-order valence-electron chi connectivity index (χ0n) is 29.9. The lowest BCUT2D eigenvalue weighted by Crippen LogP contribution is -2.63. The van der Waals surface area contributed by atoms with Crippen LogP contribution in [0.25, 0.3) is 0 Å². The van der Waals surface area contributed by atoms with Crippen molar-refractivity contribution in [2.45, 2.75) is 135 Å². The van der Waals surface area contributed by atoms with Gasteiger partial charge in [0.15, 0.2) is 0 Å². The van der Waals surface area contributed by atoms with Crippen LogP contribution in [0.5, 0.6) is 0 Å². The molecule has 0 aromatic heterocycles. The van der Waals surface area contributed by atoms with E-state index in [1.807, 2.05) is 32.5 Å². The Morgan fingerprint density at radius 1 is 0.979 bits per heavy atom. The number of likely N-dealkylation sites (tertiary alicyclic amines) is 1. The highest BCUT2D eigenvalue weighted by Gasteiger charge is 2.70. The molecule has 1 heterocycles. The van der Waals surface area contributed by atoms with Crippen LogP contribution in [0.4, 0.5) is 4.79 Å². The lowest BCUT2D eigenvalue weighted by molar-refractivity contribution is -0.145. The summed E-state index contributed by atoms with van der Waals surface area (Å²) in [5.41, 5.74) is -1.11. The van der Waals surface area contributed by atoms with Gasteiger partial charge >= 0.3 is 6.03 Å². The van der Waals surface area contributed by atoms with Gasteiger partial charge in [-0.3, -0.25) is 19.2 Å². The molecule has 11 heteroatoms. The second-order valence-electron chi connectivity index (χ2n) is 17.1. The molecule has 4 fully saturated rings. The Balaban J connectivity index is 1.52. The Bertz CT molecular complexity index is 1230. The van der Waals surface area contributed by atoms with E-state index in [-0.39, 0.29) is 51.9 Å². The molecule has 0 spiro atoms. The van der Waals surface area contributed by atoms with Gasteiger partial charge in [0.25, 0.3) is 5.91 Å². The highest BCUT2D eigenvalue weighted by molar-refractivity contribution is 8.00. The van der Waals surface area contributed by atoms with E-state index in [9.17, 15) is 24.0 Å². The Morgan fingerprint density at radius 2 is 1.62 bits per heavy atom. The van der Waals surface area contributed by atoms with Crippen molar-refractivity contribution in [3.8, 4) is 0 Å². The van der Waals surface area contributed by atoms with Crippen LogP contribution in [-0.4, -0.2) is 81.7 Å². The molecule has 10 nitrogen and oxygen atoms in total. The van der Waals surface area contributed by atoms with E-state index >= 15 is 0 Å². The van der Waals surface area contributed by atoms with Gasteiger partial charge in [0.05, 0.1) is 11.6 Å². The average molecular weight is 674 g/mol. The van der Waals surface area contributed by atoms with Gasteiger partial charge in [0.2, 0.25) is 17.6 Å². The summed E-state index contributed by atoms with van der Waals surface area (Å²) in [6.45, 7) is 20.6. The van der Waals surface area contributed by atoms with Gasteiger partial charge in [0.1, 0.15) is 12.1 Å². The molecule has 4 aliphatic rings. The Labute approximate surface area is 286 Å². The van der Waals surface area contributed by atoms with Gasteiger partial charge in [-0.15, -0.1) is 6.58 Å². The van der Waals surface area contributed by atoms with Crippen LogP contribution in [0.15, 0.2) is 12.7 Å². The van der Waals surface area contributed by atoms with Gasteiger partial charge in [-0.1, -0.05) is 93.6 Å². The van der Waals surface area contributed by atoms with Gasteiger partial charge in [-0.2, -0.15) is 11.8 Å². The molecular formula is C36H59N5O5S. The van der Waals surface area contributed by atoms with E-state index in [1.165, 1.54) is 6.08 Å². The van der Waals surface area contributed by atoms with Crippen LogP contribution >= 0.6 is 11.8 Å². The number of Topliss-reactive ketones (excluding diaryl/α,β-unsaturated/α-hetero) is 1. The summed E-state index contributed by atoms with van der Waals surface area (Å²) in [5.74, 6) is -1.00.